The fourth-order valence-electron chi connectivity index (χ4n) is 4.38. The van der Waals surface area contributed by atoms with Crippen LogP contribution in [0.2, 0.25) is 0 Å². The SMILES string of the molecule is CCS(=O)(=O)N1CCN(C(=O)c2cc(-c3ccccc3)nc3c2cnn3Cc2ccccc2)CC1. The number of hydrogen-bond donors (Lipinski definition) is 0. The number of carbonyl (C=O) groups excluding carboxylic acids is 1. The topological polar surface area (TPSA) is 88.4 Å². The van der Waals surface area contributed by atoms with Gasteiger partial charge in [-0.1, -0.05) is 60.7 Å². The molecule has 35 heavy (non-hydrogen) atoms. The second-order valence-corrected chi connectivity index (χ2v) is 10.8. The summed E-state index contributed by atoms with van der Waals surface area (Å²) in [5.41, 5.74) is 3.87. The Balaban J connectivity index is 1.52. The smallest absolute Gasteiger partial charge is 0.254 e. The molecular weight excluding hydrogens is 462 g/mol. The van der Waals surface area contributed by atoms with E-state index in [0.717, 1.165) is 11.1 Å². The van der Waals surface area contributed by atoms with E-state index in [0.29, 0.717) is 55.0 Å². The molecule has 0 spiro atoms. The van der Waals surface area contributed by atoms with E-state index in [-0.39, 0.29) is 11.7 Å². The van der Waals surface area contributed by atoms with Crippen LogP contribution < -0.4 is 0 Å². The molecule has 1 amide bonds. The van der Waals surface area contributed by atoms with Gasteiger partial charge in [0.25, 0.3) is 5.91 Å². The number of nitrogens with zero attached hydrogens (tertiary/aromatic N) is 5. The minimum Gasteiger partial charge on any atom is -0.336 e. The van der Waals surface area contributed by atoms with Gasteiger partial charge in [0.05, 0.1) is 35.1 Å². The van der Waals surface area contributed by atoms with Crippen molar-refractivity contribution in [3.63, 3.8) is 0 Å². The second kappa shape index (κ2) is 9.59. The lowest BCUT2D eigenvalue weighted by Crippen LogP contribution is -2.50. The summed E-state index contributed by atoms with van der Waals surface area (Å²) in [6.45, 7) is 3.47. The molecule has 0 unspecified atom stereocenters. The lowest BCUT2D eigenvalue weighted by atomic mass is 10.1. The van der Waals surface area contributed by atoms with Crippen molar-refractivity contribution in [1.29, 1.82) is 0 Å². The first-order valence-electron chi connectivity index (χ1n) is 11.7. The van der Waals surface area contributed by atoms with E-state index in [4.69, 9.17) is 4.98 Å². The molecule has 3 heterocycles. The Hall–Kier alpha value is -3.56. The van der Waals surface area contributed by atoms with Gasteiger partial charge in [0.1, 0.15) is 0 Å². The molecule has 180 valence electrons. The molecule has 4 aromatic rings. The number of fused-ring (bicyclic) bond motifs is 1. The van der Waals surface area contributed by atoms with Gasteiger partial charge in [0.15, 0.2) is 5.65 Å². The van der Waals surface area contributed by atoms with E-state index in [2.05, 4.69) is 5.10 Å². The quantitative estimate of drug-likeness (QED) is 0.415. The van der Waals surface area contributed by atoms with E-state index < -0.39 is 10.0 Å². The van der Waals surface area contributed by atoms with Gasteiger partial charge in [-0.3, -0.25) is 4.79 Å². The Kier molecular flexibility index (Phi) is 6.36. The lowest BCUT2D eigenvalue weighted by molar-refractivity contribution is 0.0700. The Labute approximate surface area is 204 Å². The molecule has 0 radical (unpaired) electrons. The molecule has 1 saturated heterocycles. The van der Waals surface area contributed by atoms with Crippen molar-refractivity contribution >= 4 is 27.0 Å². The van der Waals surface area contributed by atoms with Crippen LogP contribution in [0.15, 0.2) is 72.9 Å². The number of benzene rings is 2. The van der Waals surface area contributed by atoms with Gasteiger partial charge in [0, 0.05) is 31.7 Å². The van der Waals surface area contributed by atoms with Crippen molar-refractivity contribution in [3.05, 3.63) is 84.1 Å². The maximum Gasteiger partial charge on any atom is 0.254 e. The molecule has 0 saturated carbocycles. The Morgan fingerprint density at radius 3 is 2.26 bits per heavy atom. The molecule has 2 aromatic heterocycles. The normalized spacial score (nSPS) is 14.9. The van der Waals surface area contributed by atoms with Crippen LogP contribution >= 0.6 is 0 Å². The summed E-state index contributed by atoms with van der Waals surface area (Å²) < 4.78 is 27.7. The first-order chi connectivity index (χ1) is 17.0. The highest BCUT2D eigenvalue weighted by Gasteiger charge is 2.29. The van der Waals surface area contributed by atoms with Crippen molar-refractivity contribution in [1.82, 2.24) is 24.0 Å². The van der Waals surface area contributed by atoms with E-state index >= 15 is 0 Å². The van der Waals surface area contributed by atoms with Crippen molar-refractivity contribution in [3.8, 4) is 11.3 Å². The third-order valence-electron chi connectivity index (χ3n) is 6.37. The van der Waals surface area contributed by atoms with E-state index in [1.54, 1.807) is 18.0 Å². The zero-order valence-electron chi connectivity index (χ0n) is 19.5. The summed E-state index contributed by atoms with van der Waals surface area (Å²) in [6.07, 6.45) is 1.70. The van der Waals surface area contributed by atoms with Crippen LogP contribution in [0, 0.1) is 0 Å². The third kappa shape index (κ3) is 4.69. The zero-order chi connectivity index (χ0) is 24.4. The average molecular weight is 490 g/mol. The Morgan fingerprint density at radius 2 is 1.60 bits per heavy atom. The van der Waals surface area contributed by atoms with Crippen LogP contribution in [0.25, 0.3) is 22.3 Å². The van der Waals surface area contributed by atoms with Crippen LogP contribution in [0.4, 0.5) is 0 Å². The summed E-state index contributed by atoms with van der Waals surface area (Å²) in [6, 6.07) is 21.6. The van der Waals surface area contributed by atoms with Gasteiger partial charge in [0.2, 0.25) is 10.0 Å². The van der Waals surface area contributed by atoms with E-state index in [9.17, 15) is 13.2 Å². The van der Waals surface area contributed by atoms with Gasteiger partial charge in [-0.25, -0.2) is 18.1 Å². The van der Waals surface area contributed by atoms with Gasteiger partial charge in [-0.2, -0.15) is 9.40 Å². The number of piperazine rings is 1. The van der Waals surface area contributed by atoms with Crippen LogP contribution in [-0.2, 0) is 16.6 Å². The van der Waals surface area contributed by atoms with E-state index in [1.165, 1.54) is 4.31 Å². The Bertz CT molecular complexity index is 1440. The summed E-state index contributed by atoms with van der Waals surface area (Å²) in [7, 11) is -3.27. The minimum atomic E-state index is -3.27. The highest BCUT2D eigenvalue weighted by Crippen LogP contribution is 2.27. The number of pyridine rings is 1. The predicted molar refractivity (Wildman–Crippen MR) is 135 cm³/mol. The maximum atomic E-state index is 13.7. The summed E-state index contributed by atoms with van der Waals surface area (Å²) in [5.74, 6) is -0.0742. The number of aromatic nitrogens is 3. The molecule has 8 nitrogen and oxygen atoms in total. The van der Waals surface area contributed by atoms with Gasteiger partial charge < -0.3 is 4.90 Å². The highest BCUT2D eigenvalue weighted by atomic mass is 32.2. The molecule has 9 heteroatoms. The maximum absolute atomic E-state index is 13.7. The molecular formula is C26H27N5O3S. The highest BCUT2D eigenvalue weighted by molar-refractivity contribution is 7.89. The van der Waals surface area contributed by atoms with Crippen LogP contribution in [0.5, 0.6) is 0 Å². The molecule has 2 aromatic carbocycles. The number of sulfonamides is 1. The lowest BCUT2D eigenvalue weighted by Gasteiger charge is -2.34. The molecule has 0 N–H and O–H groups in total. The largest absolute Gasteiger partial charge is 0.336 e. The van der Waals surface area contributed by atoms with Gasteiger partial charge >= 0.3 is 0 Å². The summed E-state index contributed by atoms with van der Waals surface area (Å²) >= 11 is 0. The zero-order valence-corrected chi connectivity index (χ0v) is 20.4. The molecule has 1 aliphatic heterocycles. The fraction of sp³-hybridized carbons (Fsp3) is 0.269. The van der Waals surface area contributed by atoms with Crippen molar-refractivity contribution in [2.45, 2.75) is 13.5 Å². The molecule has 5 rings (SSSR count). The minimum absolute atomic E-state index is 0.0625. The van der Waals surface area contributed by atoms with Crippen LogP contribution in [-0.4, -0.2) is 70.2 Å². The van der Waals surface area contributed by atoms with Gasteiger partial charge in [-0.05, 0) is 18.6 Å². The predicted octanol–water partition coefficient (Wildman–Crippen LogP) is 3.25. The van der Waals surface area contributed by atoms with Crippen LogP contribution in [0.1, 0.15) is 22.8 Å². The monoisotopic (exact) mass is 489 g/mol. The van der Waals surface area contributed by atoms with Crippen LogP contribution in [0.3, 0.4) is 0 Å². The Morgan fingerprint density at radius 1 is 0.943 bits per heavy atom. The fourth-order valence-corrected chi connectivity index (χ4v) is 5.46. The van der Waals surface area contributed by atoms with Crippen molar-refractivity contribution < 1.29 is 13.2 Å². The standard InChI is InChI=1S/C26H27N5O3S/c1-2-35(33,34)30-15-13-29(14-16-30)26(32)22-17-24(21-11-7-4-8-12-21)28-25-23(22)18-27-31(25)19-20-9-5-3-6-10-20/h3-12,17-18H,2,13-16,19H2,1H3. The van der Waals surface area contributed by atoms with Crippen molar-refractivity contribution in [2.24, 2.45) is 0 Å². The number of carbonyl (C=O) groups is 1. The second-order valence-electron chi connectivity index (χ2n) is 8.54. The molecule has 0 aliphatic carbocycles. The molecule has 1 fully saturated rings. The van der Waals surface area contributed by atoms with E-state index in [1.807, 2.05) is 71.4 Å². The van der Waals surface area contributed by atoms with Gasteiger partial charge in [-0.15, -0.1) is 0 Å². The molecule has 0 atom stereocenters. The summed E-state index contributed by atoms with van der Waals surface area (Å²) in [5, 5.41) is 5.25. The summed E-state index contributed by atoms with van der Waals surface area (Å²) in [4.78, 5) is 20.3. The average Bonchev–Trinajstić information content (AvgIpc) is 3.31. The molecule has 1 aliphatic rings. The third-order valence-corrected chi connectivity index (χ3v) is 8.25. The number of hydrogen-bond acceptors (Lipinski definition) is 5. The number of rotatable bonds is 6. The number of amides is 1. The first kappa shape index (κ1) is 23.2. The molecule has 0 bridgehead atoms. The first-order valence-corrected chi connectivity index (χ1v) is 13.3. The van der Waals surface area contributed by atoms with Crippen molar-refractivity contribution in [2.75, 3.05) is 31.9 Å².